The summed E-state index contributed by atoms with van der Waals surface area (Å²) in [5.41, 5.74) is -0.0761. The molecule has 1 saturated carbocycles. The summed E-state index contributed by atoms with van der Waals surface area (Å²) in [6, 6.07) is 11.0. The number of nitrogens with one attached hydrogen (secondary N) is 1. The van der Waals surface area contributed by atoms with E-state index < -0.39 is 34.2 Å². The van der Waals surface area contributed by atoms with Gasteiger partial charge in [0.15, 0.2) is 0 Å². The molecule has 2 aliphatic rings. The first-order valence-corrected chi connectivity index (χ1v) is 12.9. The van der Waals surface area contributed by atoms with E-state index in [1.54, 1.807) is 11.5 Å². The van der Waals surface area contributed by atoms with Crippen molar-refractivity contribution in [3.8, 4) is 0 Å². The zero-order valence-corrected chi connectivity index (χ0v) is 22.2. The number of alkyl carbamates (subject to hydrolysis) is 1. The molecule has 1 aliphatic heterocycles. The third-order valence-corrected chi connectivity index (χ3v) is 7.50. The Morgan fingerprint density at radius 2 is 1.89 bits per heavy atom. The van der Waals surface area contributed by atoms with E-state index in [1.165, 1.54) is 6.07 Å². The van der Waals surface area contributed by atoms with Crippen molar-refractivity contribution < 1.29 is 13.9 Å². The molecule has 9 nitrogen and oxygen atoms in total. The molecule has 202 valence electrons. The molecule has 1 unspecified atom stereocenters. The molecule has 1 aromatic heterocycles. The molecule has 1 saturated heterocycles. The van der Waals surface area contributed by atoms with E-state index in [1.807, 2.05) is 56.0 Å². The number of nitrogens with zero attached hydrogens (tertiary/aromatic N) is 3. The molecule has 1 amide bonds. The van der Waals surface area contributed by atoms with E-state index in [0.29, 0.717) is 47.5 Å². The van der Waals surface area contributed by atoms with Gasteiger partial charge in [-0.05, 0) is 58.6 Å². The number of hydrogen-bond donors (Lipinski definition) is 2. The quantitative estimate of drug-likeness (QED) is 0.497. The number of fused-ring (bicyclic) bond motifs is 1. The van der Waals surface area contributed by atoms with Crippen molar-refractivity contribution in [2.75, 3.05) is 30.4 Å². The lowest BCUT2D eigenvalue weighted by Gasteiger charge is -2.32. The molecule has 2 heterocycles. The number of hydrogen-bond acceptors (Lipinski definition) is 6. The second-order valence-corrected chi connectivity index (χ2v) is 11.5. The number of rotatable bonds is 5. The lowest BCUT2D eigenvalue weighted by atomic mass is 9.79. The fourth-order valence-corrected chi connectivity index (χ4v) is 5.61. The van der Waals surface area contributed by atoms with Crippen LogP contribution in [0.2, 0.25) is 0 Å². The molecule has 5 rings (SSSR count). The van der Waals surface area contributed by atoms with Crippen LogP contribution in [0.5, 0.6) is 0 Å². The molecule has 10 heteroatoms. The van der Waals surface area contributed by atoms with Crippen LogP contribution in [0.4, 0.5) is 14.9 Å². The summed E-state index contributed by atoms with van der Waals surface area (Å²) in [5.74, 6) is 5.22. The maximum Gasteiger partial charge on any atom is 0.407 e. The van der Waals surface area contributed by atoms with Crippen molar-refractivity contribution in [2.45, 2.75) is 64.0 Å². The minimum absolute atomic E-state index is 0.0579. The smallest absolute Gasteiger partial charge is 0.407 e. The maximum atomic E-state index is 15.7. The van der Waals surface area contributed by atoms with E-state index in [9.17, 15) is 14.4 Å². The zero-order valence-electron chi connectivity index (χ0n) is 22.2. The van der Waals surface area contributed by atoms with Gasteiger partial charge in [-0.1, -0.05) is 30.3 Å². The van der Waals surface area contributed by atoms with Gasteiger partial charge >= 0.3 is 11.8 Å². The molecular formula is C28H34FN5O4. The summed E-state index contributed by atoms with van der Waals surface area (Å²) in [4.78, 5) is 40.2. The van der Waals surface area contributed by atoms with Crippen molar-refractivity contribution in [3.63, 3.8) is 0 Å². The van der Waals surface area contributed by atoms with Crippen LogP contribution in [-0.2, 0) is 10.2 Å². The summed E-state index contributed by atoms with van der Waals surface area (Å²) in [7, 11) is 0. The number of aryl methyl sites for hydroxylation is 1. The summed E-state index contributed by atoms with van der Waals surface area (Å²) >= 11 is 0. The summed E-state index contributed by atoms with van der Waals surface area (Å²) in [6.45, 7) is 8.43. The molecule has 1 atom stereocenters. The van der Waals surface area contributed by atoms with Crippen LogP contribution >= 0.6 is 0 Å². The average Bonchev–Trinajstić information content (AvgIpc) is 3.61. The topological polar surface area (TPSA) is 112 Å². The van der Waals surface area contributed by atoms with Crippen molar-refractivity contribution in [2.24, 2.45) is 0 Å². The normalized spacial score (nSPS) is 19.7. The number of nitrogen functional groups attached to an aromatic ring is 1. The molecule has 2 aromatic carbocycles. The summed E-state index contributed by atoms with van der Waals surface area (Å²) in [6.07, 6.45) is 1.75. The number of carbonyl (C=O) groups excluding carboxylic acids is 1. The Balaban J connectivity index is 1.56. The Bertz CT molecular complexity index is 1520. The highest BCUT2D eigenvalue weighted by molar-refractivity contribution is 5.87. The standard InChI is InChI=1S/C28H34FN5O4/c1-17-22-20(24(35)34(30)26(37)33(22)19-10-11-19)14-21(29)23(17)32-13-12-28(16-32,18-8-6-5-7-9-18)15-31-25(36)38-27(2,3)4/h5-9,14,19H,10-13,15-16,30H2,1-4H3,(H,31,36). The molecule has 38 heavy (non-hydrogen) atoms. The zero-order chi connectivity index (χ0) is 27.4. The number of carbonyl (C=O) groups is 1. The first-order valence-electron chi connectivity index (χ1n) is 12.9. The van der Waals surface area contributed by atoms with Gasteiger partial charge in [0.25, 0.3) is 5.56 Å². The van der Waals surface area contributed by atoms with Gasteiger partial charge in [0.1, 0.15) is 11.4 Å². The van der Waals surface area contributed by atoms with E-state index in [2.05, 4.69) is 5.32 Å². The van der Waals surface area contributed by atoms with E-state index in [4.69, 9.17) is 10.6 Å². The van der Waals surface area contributed by atoms with Crippen LogP contribution < -0.4 is 27.3 Å². The Labute approximate surface area is 220 Å². The van der Waals surface area contributed by atoms with E-state index >= 15 is 4.39 Å². The van der Waals surface area contributed by atoms with Crippen LogP contribution in [0, 0.1) is 12.7 Å². The number of amides is 1. The highest BCUT2D eigenvalue weighted by Gasteiger charge is 2.42. The number of aromatic nitrogens is 2. The minimum atomic E-state index is -0.711. The van der Waals surface area contributed by atoms with Gasteiger partial charge in [-0.2, -0.15) is 4.68 Å². The number of benzene rings is 2. The highest BCUT2D eigenvalue weighted by atomic mass is 19.1. The predicted octanol–water partition coefficient (Wildman–Crippen LogP) is 3.33. The van der Waals surface area contributed by atoms with Gasteiger partial charge in [0, 0.05) is 36.7 Å². The Hall–Kier alpha value is -3.82. The Morgan fingerprint density at radius 3 is 2.53 bits per heavy atom. The van der Waals surface area contributed by atoms with Crippen LogP contribution in [0.1, 0.15) is 57.2 Å². The van der Waals surface area contributed by atoms with Gasteiger partial charge in [-0.3, -0.25) is 9.36 Å². The fraction of sp³-hybridized carbons (Fsp3) is 0.464. The van der Waals surface area contributed by atoms with Gasteiger partial charge in [0.2, 0.25) is 0 Å². The monoisotopic (exact) mass is 523 g/mol. The van der Waals surface area contributed by atoms with Crippen molar-refractivity contribution in [1.82, 2.24) is 14.6 Å². The second-order valence-electron chi connectivity index (χ2n) is 11.5. The molecule has 0 radical (unpaired) electrons. The minimum Gasteiger partial charge on any atom is -0.444 e. The van der Waals surface area contributed by atoms with Crippen LogP contribution in [0.15, 0.2) is 46.0 Å². The van der Waals surface area contributed by atoms with Crippen LogP contribution in [0.3, 0.4) is 0 Å². The Morgan fingerprint density at radius 1 is 1.21 bits per heavy atom. The molecule has 0 bridgehead atoms. The summed E-state index contributed by atoms with van der Waals surface area (Å²) < 4.78 is 23.3. The maximum absolute atomic E-state index is 15.7. The lowest BCUT2D eigenvalue weighted by Crippen LogP contribution is -2.45. The van der Waals surface area contributed by atoms with Crippen LogP contribution in [0.25, 0.3) is 10.9 Å². The van der Waals surface area contributed by atoms with E-state index in [0.717, 1.165) is 18.4 Å². The lowest BCUT2D eigenvalue weighted by molar-refractivity contribution is 0.0516. The second kappa shape index (κ2) is 9.18. The third kappa shape index (κ3) is 4.52. The highest BCUT2D eigenvalue weighted by Crippen LogP contribution is 2.42. The fourth-order valence-electron chi connectivity index (χ4n) is 5.61. The first-order chi connectivity index (χ1) is 17.9. The van der Waals surface area contributed by atoms with Gasteiger partial charge < -0.3 is 20.8 Å². The number of anilines is 1. The van der Waals surface area contributed by atoms with Crippen molar-refractivity contribution in [3.05, 3.63) is 74.2 Å². The molecule has 3 N–H and O–H groups in total. The third-order valence-electron chi connectivity index (χ3n) is 7.50. The summed E-state index contributed by atoms with van der Waals surface area (Å²) in [5, 5.41) is 3.02. The molecule has 3 aromatic rings. The number of nitrogens with two attached hydrogens (primary N) is 1. The predicted molar refractivity (Wildman–Crippen MR) is 145 cm³/mol. The van der Waals surface area contributed by atoms with Crippen LogP contribution in [-0.4, -0.2) is 40.6 Å². The molecule has 0 spiro atoms. The van der Waals surface area contributed by atoms with Gasteiger partial charge in [-0.15, -0.1) is 0 Å². The largest absolute Gasteiger partial charge is 0.444 e. The number of halogens is 1. The average molecular weight is 524 g/mol. The molecular weight excluding hydrogens is 489 g/mol. The Kier molecular flexibility index (Phi) is 6.24. The van der Waals surface area contributed by atoms with Gasteiger partial charge in [-0.25, -0.2) is 14.0 Å². The SMILES string of the molecule is Cc1c(N2CCC(CNC(=O)OC(C)(C)C)(c3ccccc3)C2)c(F)cc2c(=O)n(N)c(=O)n(C3CC3)c12. The first kappa shape index (κ1) is 25.8. The van der Waals surface area contributed by atoms with Crippen molar-refractivity contribution >= 4 is 22.7 Å². The molecule has 2 fully saturated rings. The number of ether oxygens (including phenoxy) is 1. The van der Waals surface area contributed by atoms with Gasteiger partial charge in [0.05, 0.1) is 16.6 Å². The van der Waals surface area contributed by atoms with Crippen molar-refractivity contribution in [1.29, 1.82) is 0 Å². The van der Waals surface area contributed by atoms with E-state index in [-0.39, 0.29) is 11.4 Å². The molecule has 1 aliphatic carbocycles.